The van der Waals surface area contributed by atoms with E-state index in [0.29, 0.717) is 0 Å². The van der Waals surface area contributed by atoms with Gasteiger partial charge in [-0.05, 0) is 13.5 Å². The van der Waals surface area contributed by atoms with Gasteiger partial charge in [-0.3, -0.25) is 4.52 Å². The molecule has 16 atom stereocenters. The highest BCUT2D eigenvalue weighted by molar-refractivity contribution is 7.46. The van der Waals surface area contributed by atoms with Gasteiger partial charge in [-0.2, -0.15) is 0 Å². The number of hydrogen-bond acceptors (Lipinski definition) is 17. The summed E-state index contributed by atoms with van der Waals surface area (Å²) >= 11 is 0. The van der Waals surface area contributed by atoms with Crippen molar-refractivity contribution in [2.45, 2.75) is 104 Å². The van der Waals surface area contributed by atoms with Crippen LogP contribution >= 0.6 is 7.82 Å². The van der Waals surface area contributed by atoms with Gasteiger partial charge in [-0.25, -0.2) is 4.57 Å². The van der Waals surface area contributed by atoms with Gasteiger partial charge in [0.1, 0.15) is 54.9 Å². The van der Waals surface area contributed by atoms with Gasteiger partial charge in [0.25, 0.3) is 0 Å². The normalized spacial score (nSPS) is 50.6. The van der Waals surface area contributed by atoms with Crippen LogP contribution < -0.4 is 16.8 Å². The molecule has 4 aliphatic rings. The third-order valence-corrected chi connectivity index (χ3v) is 8.17. The van der Waals surface area contributed by atoms with E-state index in [0.717, 1.165) is 0 Å². The number of hydrogen-bond donors (Lipinski definition) is 12. The number of likely N-dealkylation sites (N-methyl/N-ethyl adjacent to an activating group) is 1. The first-order valence-corrected chi connectivity index (χ1v) is 14.1. The average molecular weight is 608 g/mol. The van der Waals surface area contributed by atoms with Crippen molar-refractivity contribution in [3.8, 4) is 0 Å². The number of ether oxygens (including phenoxy) is 5. The third-order valence-electron chi connectivity index (χ3n) is 7.65. The Morgan fingerprint density at radius 3 is 2.23 bits per heavy atom. The van der Waals surface area contributed by atoms with Gasteiger partial charge in [0.2, 0.25) is 0 Å². The summed E-state index contributed by atoms with van der Waals surface area (Å²) in [5.74, 6) is -2.58. The smallest absolute Gasteiger partial charge is 0.395 e. The van der Waals surface area contributed by atoms with Gasteiger partial charge in [0, 0.05) is 12.1 Å². The maximum Gasteiger partial charge on any atom is 0.469 e. The van der Waals surface area contributed by atoms with Crippen LogP contribution in [0.2, 0.25) is 0 Å². The Hall–Kier alpha value is -0.490. The van der Waals surface area contributed by atoms with Gasteiger partial charge in [0.15, 0.2) is 12.4 Å². The van der Waals surface area contributed by atoms with Crippen molar-refractivity contribution >= 4 is 7.82 Å². The molecule has 3 aliphatic heterocycles. The lowest BCUT2D eigenvalue weighted by molar-refractivity contribution is -0.439. The molecule has 4 fully saturated rings. The lowest BCUT2D eigenvalue weighted by Crippen LogP contribution is -2.69. The molecule has 1 saturated carbocycles. The molecule has 4 rings (SSSR count). The van der Waals surface area contributed by atoms with E-state index in [1.165, 1.54) is 7.05 Å². The molecule has 0 bridgehead atoms. The molecule has 1 aliphatic carbocycles. The Bertz CT molecular complexity index is 919. The van der Waals surface area contributed by atoms with Crippen molar-refractivity contribution in [1.29, 1.82) is 0 Å². The SMILES string of the molecule is CN[C@H]1C[C@@H](N)[C@H](O)[C@@H](O[C@@H]2O[C@H](CO)[C@H](O)[C@@H]3O[C@]4(O[C@H]23)O[C@H](C(N)CO)[C@H](O)[C@H](O)[C@H]4O)[C@@H]1OP(=O)(O)O. The van der Waals surface area contributed by atoms with Crippen LogP contribution in [0.4, 0.5) is 0 Å². The number of aliphatic hydroxyl groups excluding tert-OH is 7. The maximum absolute atomic E-state index is 11.7. The van der Waals surface area contributed by atoms with Crippen molar-refractivity contribution in [1.82, 2.24) is 5.32 Å². The van der Waals surface area contributed by atoms with Crippen molar-refractivity contribution in [2.24, 2.45) is 11.5 Å². The molecule has 1 spiro atoms. The van der Waals surface area contributed by atoms with Crippen LogP contribution in [0.3, 0.4) is 0 Å². The summed E-state index contributed by atoms with van der Waals surface area (Å²) in [7, 11) is -3.65. The largest absolute Gasteiger partial charge is 0.469 e. The Kier molecular flexibility index (Phi) is 9.93. The molecular formula is C20H38N3O16P. The average Bonchev–Trinajstić information content (AvgIpc) is 3.30. The second-order valence-corrected chi connectivity index (χ2v) is 11.5. The lowest BCUT2D eigenvalue weighted by atomic mass is 9.84. The predicted octanol–water partition coefficient (Wildman–Crippen LogP) is -7.15. The van der Waals surface area contributed by atoms with E-state index in [-0.39, 0.29) is 6.42 Å². The zero-order chi connectivity index (χ0) is 29.7. The molecule has 3 heterocycles. The van der Waals surface area contributed by atoms with Crippen LogP contribution in [0.1, 0.15) is 6.42 Å². The van der Waals surface area contributed by atoms with Crippen LogP contribution in [0, 0.1) is 0 Å². The molecule has 19 nitrogen and oxygen atoms in total. The number of aliphatic hydroxyl groups is 7. The fraction of sp³-hybridized carbons (Fsp3) is 1.00. The fourth-order valence-corrected chi connectivity index (χ4v) is 6.08. The van der Waals surface area contributed by atoms with Gasteiger partial charge < -0.3 is 86.0 Å². The standard InChI is InChI=1S/C20H38N3O16P/c1-23-7-2-5(21)9(26)15(14(7)39-40(31,32)33)35-19-17-16(10(27)8(4-25)34-19)37-20(38-17)18(30)12(29)11(28)13(36-20)6(22)3-24/h5-19,23-30H,2-4,21-22H2,1H3,(H2,31,32,33)/t5-,6?,7+,8-,9+,10+,11-,12+,13-,14-,15-,16+,17+,18-,19+,20-/m1/s1. The van der Waals surface area contributed by atoms with Crippen molar-refractivity contribution in [3.05, 3.63) is 0 Å². The Balaban J connectivity index is 1.66. The monoisotopic (exact) mass is 607 g/mol. The van der Waals surface area contributed by atoms with Crippen LogP contribution in [0.15, 0.2) is 0 Å². The summed E-state index contributed by atoms with van der Waals surface area (Å²) in [5.41, 5.74) is 11.8. The minimum absolute atomic E-state index is 0.0349. The molecule has 0 amide bonds. The summed E-state index contributed by atoms with van der Waals surface area (Å²) in [6, 6.07) is -3.04. The molecule has 20 heteroatoms. The molecule has 14 N–H and O–H groups in total. The number of phosphoric ester groups is 1. The van der Waals surface area contributed by atoms with Gasteiger partial charge in [-0.15, -0.1) is 0 Å². The molecule has 234 valence electrons. The minimum Gasteiger partial charge on any atom is -0.395 e. The van der Waals surface area contributed by atoms with Gasteiger partial charge in [-0.1, -0.05) is 0 Å². The molecule has 0 aromatic rings. The van der Waals surface area contributed by atoms with E-state index in [9.17, 15) is 50.1 Å². The molecule has 0 aromatic carbocycles. The van der Waals surface area contributed by atoms with Crippen LogP contribution in [-0.4, -0.2) is 163 Å². The minimum atomic E-state index is -5.12. The summed E-state index contributed by atoms with van der Waals surface area (Å²) in [6.07, 6.45) is -19.7. The highest BCUT2D eigenvalue weighted by Gasteiger charge is 2.67. The van der Waals surface area contributed by atoms with Crippen molar-refractivity contribution in [3.63, 3.8) is 0 Å². The molecule has 3 saturated heterocycles. The summed E-state index contributed by atoms with van der Waals surface area (Å²) in [6.45, 7) is -1.48. The van der Waals surface area contributed by atoms with E-state index >= 15 is 0 Å². The van der Waals surface area contributed by atoms with Gasteiger partial charge in [0.05, 0.1) is 25.4 Å². The molecule has 1 unspecified atom stereocenters. The zero-order valence-corrected chi connectivity index (χ0v) is 22.2. The second kappa shape index (κ2) is 12.2. The molecule has 40 heavy (non-hydrogen) atoms. The first-order chi connectivity index (χ1) is 18.7. The number of fused-ring (bicyclic) bond motifs is 1. The number of nitrogens with one attached hydrogen (secondary N) is 1. The molecule has 0 aromatic heterocycles. The van der Waals surface area contributed by atoms with Gasteiger partial charge >= 0.3 is 13.8 Å². The fourth-order valence-electron chi connectivity index (χ4n) is 5.50. The Labute approximate surface area is 227 Å². The van der Waals surface area contributed by atoms with Crippen molar-refractivity contribution in [2.75, 3.05) is 20.3 Å². The lowest BCUT2D eigenvalue weighted by Gasteiger charge is -2.47. The first kappa shape index (κ1) is 32.4. The van der Waals surface area contributed by atoms with E-state index in [2.05, 4.69) is 5.32 Å². The quantitative estimate of drug-likeness (QED) is 0.114. The summed E-state index contributed by atoms with van der Waals surface area (Å²) in [5, 5.41) is 75.3. The van der Waals surface area contributed by atoms with E-state index in [1.54, 1.807) is 0 Å². The van der Waals surface area contributed by atoms with Crippen LogP contribution in [0.5, 0.6) is 0 Å². The predicted molar refractivity (Wildman–Crippen MR) is 125 cm³/mol. The number of phosphoric acid groups is 1. The molecule has 0 radical (unpaired) electrons. The maximum atomic E-state index is 11.7. The Morgan fingerprint density at radius 1 is 1.00 bits per heavy atom. The van der Waals surface area contributed by atoms with E-state index in [4.69, 9.17) is 39.7 Å². The van der Waals surface area contributed by atoms with E-state index in [1.807, 2.05) is 0 Å². The molecular weight excluding hydrogens is 569 g/mol. The topological polar surface area (TPSA) is 319 Å². The van der Waals surface area contributed by atoms with E-state index < -0.39 is 119 Å². The van der Waals surface area contributed by atoms with Crippen LogP contribution in [-0.2, 0) is 32.8 Å². The highest BCUT2D eigenvalue weighted by Crippen LogP contribution is 2.46. The first-order valence-electron chi connectivity index (χ1n) is 12.6. The summed E-state index contributed by atoms with van der Waals surface area (Å²) < 4.78 is 45.4. The zero-order valence-electron chi connectivity index (χ0n) is 21.3. The Morgan fingerprint density at radius 2 is 1.65 bits per heavy atom. The van der Waals surface area contributed by atoms with Crippen LogP contribution in [0.25, 0.3) is 0 Å². The number of nitrogens with two attached hydrogens (primary N) is 2. The summed E-state index contributed by atoms with van der Waals surface area (Å²) in [4.78, 5) is 19.0. The highest BCUT2D eigenvalue weighted by atomic mass is 31.2. The third kappa shape index (κ3) is 5.97. The second-order valence-electron chi connectivity index (χ2n) is 10.3. The van der Waals surface area contributed by atoms with Crippen molar-refractivity contribution < 1.29 is 78.3 Å². The number of rotatable bonds is 8.